The van der Waals surface area contributed by atoms with Crippen LogP contribution in [0.5, 0.6) is 0 Å². The summed E-state index contributed by atoms with van der Waals surface area (Å²) in [6, 6.07) is 16.9. The molecule has 2 heterocycles. The summed E-state index contributed by atoms with van der Waals surface area (Å²) in [5, 5.41) is 5.31. The summed E-state index contributed by atoms with van der Waals surface area (Å²) in [5.41, 5.74) is 1.56. The maximum absolute atomic E-state index is 13.1. The van der Waals surface area contributed by atoms with Gasteiger partial charge in [0, 0.05) is 17.0 Å². The molecule has 5 nitrogen and oxygen atoms in total. The third-order valence-electron chi connectivity index (χ3n) is 5.72. The number of imide groups is 1. The molecule has 1 atom stereocenters. The van der Waals surface area contributed by atoms with Gasteiger partial charge in [-0.2, -0.15) is 0 Å². The lowest BCUT2D eigenvalue weighted by molar-refractivity contribution is -0.138. The Morgan fingerprint density at radius 3 is 2.42 bits per heavy atom. The quantitative estimate of drug-likeness (QED) is 0.559. The van der Waals surface area contributed by atoms with Crippen molar-refractivity contribution in [3.05, 3.63) is 76.9 Å². The lowest BCUT2D eigenvalue weighted by Gasteiger charge is -2.35. The van der Waals surface area contributed by atoms with E-state index in [2.05, 4.69) is 10.6 Å². The van der Waals surface area contributed by atoms with Crippen LogP contribution in [0.1, 0.15) is 41.4 Å². The van der Waals surface area contributed by atoms with Crippen LogP contribution in [0.2, 0.25) is 0 Å². The van der Waals surface area contributed by atoms with E-state index in [0.717, 1.165) is 16.0 Å². The van der Waals surface area contributed by atoms with Gasteiger partial charge in [-0.25, -0.2) is 4.39 Å². The zero-order chi connectivity index (χ0) is 22.0. The number of halogens is 1. The average molecular weight is 437 g/mol. The van der Waals surface area contributed by atoms with Crippen LogP contribution in [0.3, 0.4) is 0 Å². The standard InChI is InChI=1S/C24H21FN2O3S/c1-2-24(14-13-21(28)27-23(24)30)16-5-9-18(10-6-16)26-22(29)20-12-11-19(31-20)15-3-7-17(25)8-4-15/h3-12H,2,13-14H2,1H3,(H,26,29)(H,27,28,30). The topological polar surface area (TPSA) is 75.3 Å². The fourth-order valence-corrected chi connectivity index (χ4v) is 4.77. The third kappa shape index (κ3) is 4.14. The fraction of sp³-hybridized carbons (Fsp3) is 0.208. The van der Waals surface area contributed by atoms with E-state index in [1.54, 1.807) is 30.3 Å². The van der Waals surface area contributed by atoms with Crippen LogP contribution < -0.4 is 10.6 Å². The Morgan fingerprint density at radius 1 is 1.06 bits per heavy atom. The highest BCUT2D eigenvalue weighted by molar-refractivity contribution is 7.17. The molecule has 0 radical (unpaired) electrons. The van der Waals surface area contributed by atoms with Crippen molar-refractivity contribution in [1.82, 2.24) is 5.32 Å². The van der Waals surface area contributed by atoms with Gasteiger partial charge in [0.05, 0.1) is 10.3 Å². The number of carbonyl (C=O) groups excluding carboxylic acids is 3. The summed E-state index contributed by atoms with van der Waals surface area (Å²) in [5.74, 6) is -1.05. The molecule has 0 bridgehead atoms. The van der Waals surface area contributed by atoms with Crippen molar-refractivity contribution in [1.29, 1.82) is 0 Å². The molecule has 1 aliphatic heterocycles. The molecule has 4 rings (SSSR count). The van der Waals surface area contributed by atoms with Crippen molar-refractivity contribution in [3.8, 4) is 10.4 Å². The number of rotatable bonds is 5. The minimum atomic E-state index is -0.728. The number of nitrogens with one attached hydrogen (secondary N) is 2. The Kier molecular flexibility index (Phi) is 5.69. The van der Waals surface area contributed by atoms with E-state index in [-0.39, 0.29) is 23.5 Å². The number of hydrogen-bond acceptors (Lipinski definition) is 4. The van der Waals surface area contributed by atoms with Gasteiger partial charge >= 0.3 is 0 Å². The van der Waals surface area contributed by atoms with Crippen LogP contribution in [-0.4, -0.2) is 17.7 Å². The highest BCUT2D eigenvalue weighted by Crippen LogP contribution is 2.36. The monoisotopic (exact) mass is 436 g/mol. The summed E-state index contributed by atoms with van der Waals surface area (Å²) in [6.45, 7) is 1.93. The number of carbonyl (C=O) groups is 3. The third-order valence-corrected chi connectivity index (χ3v) is 6.86. The fourth-order valence-electron chi connectivity index (χ4n) is 3.86. The first-order chi connectivity index (χ1) is 14.9. The molecule has 0 saturated carbocycles. The number of hydrogen-bond donors (Lipinski definition) is 2. The van der Waals surface area contributed by atoms with E-state index in [0.29, 0.717) is 29.8 Å². The van der Waals surface area contributed by atoms with Crippen molar-refractivity contribution in [2.45, 2.75) is 31.6 Å². The molecule has 0 aliphatic carbocycles. The SMILES string of the molecule is CCC1(c2ccc(NC(=O)c3ccc(-c4ccc(F)cc4)s3)cc2)CCC(=O)NC1=O. The van der Waals surface area contributed by atoms with E-state index in [4.69, 9.17) is 0 Å². The molecule has 3 amide bonds. The molecule has 1 fully saturated rings. The highest BCUT2D eigenvalue weighted by atomic mass is 32.1. The van der Waals surface area contributed by atoms with Crippen LogP contribution in [-0.2, 0) is 15.0 Å². The largest absolute Gasteiger partial charge is 0.321 e. The lowest BCUT2D eigenvalue weighted by Crippen LogP contribution is -2.51. The number of thiophene rings is 1. The number of amides is 3. The smallest absolute Gasteiger partial charge is 0.265 e. The first kappa shape index (κ1) is 20.9. The zero-order valence-electron chi connectivity index (χ0n) is 16.9. The molecule has 3 aromatic rings. The summed E-state index contributed by atoms with van der Waals surface area (Å²) < 4.78 is 13.1. The maximum Gasteiger partial charge on any atom is 0.265 e. The van der Waals surface area contributed by atoms with E-state index >= 15 is 0 Å². The van der Waals surface area contributed by atoms with Gasteiger partial charge in [-0.1, -0.05) is 31.2 Å². The molecule has 158 valence electrons. The highest BCUT2D eigenvalue weighted by Gasteiger charge is 2.42. The first-order valence-electron chi connectivity index (χ1n) is 10.0. The van der Waals surface area contributed by atoms with Gasteiger partial charge in [0.25, 0.3) is 5.91 Å². The van der Waals surface area contributed by atoms with Crippen molar-refractivity contribution in [3.63, 3.8) is 0 Å². The van der Waals surface area contributed by atoms with Crippen LogP contribution >= 0.6 is 11.3 Å². The summed E-state index contributed by atoms with van der Waals surface area (Å²) in [4.78, 5) is 38.1. The second-order valence-corrected chi connectivity index (χ2v) is 8.60. The van der Waals surface area contributed by atoms with Crippen molar-refractivity contribution in [2.75, 3.05) is 5.32 Å². The maximum atomic E-state index is 13.1. The minimum absolute atomic E-state index is 0.239. The lowest BCUT2D eigenvalue weighted by atomic mass is 9.72. The predicted octanol–water partition coefficient (Wildman–Crippen LogP) is 4.89. The Balaban J connectivity index is 1.48. The Morgan fingerprint density at radius 2 is 1.77 bits per heavy atom. The molecular formula is C24H21FN2O3S. The van der Waals surface area contributed by atoms with Gasteiger partial charge in [-0.15, -0.1) is 11.3 Å². The van der Waals surface area contributed by atoms with Gasteiger partial charge in [0.15, 0.2) is 0 Å². The normalized spacial score (nSPS) is 18.5. The zero-order valence-corrected chi connectivity index (χ0v) is 17.7. The van der Waals surface area contributed by atoms with Crippen molar-refractivity contribution in [2.24, 2.45) is 0 Å². The number of piperidine rings is 1. The summed E-state index contributed by atoms with van der Waals surface area (Å²) in [7, 11) is 0. The van der Waals surface area contributed by atoms with Crippen molar-refractivity contribution < 1.29 is 18.8 Å². The van der Waals surface area contributed by atoms with Crippen LogP contribution in [0.4, 0.5) is 10.1 Å². The van der Waals surface area contributed by atoms with E-state index in [1.165, 1.54) is 23.5 Å². The number of anilines is 1. The van der Waals surface area contributed by atoms with Crippen LogP contribution in [0.25, 0.3) is 10.4 Å². The molecule has 7 heteroatoms. The molecule has 31 heavy (non-hydrogen) atoms. The van der Waals surface area contributed by atoms with Crippen LogP contribution in [0.15, 0.2) is 60.7 Å². The Bertz CT molecular complexity index is 1140. The van der Waals surface area contributed by atoms with Crippen molar-refractivity contribution >= 4 is 34.7 Å². The Hall–Kier alpha value is -3.32. The molecule has 2 aromatic carbocycles. The molecule has 1 aromatic heterocycles. The summed E-state index contributed by atoms with van der Waals surface area (Å²) in [6.07, 6.45) is 1.37. The number of benzene rings is 2. The Labute approximate surface area is 183 Å². The molecule has 2 N–H and O–H groups in total. The molecule has 0 spiro atoms. The molecule has 1 unspecified atom stereocenters. The van der Waals surface area contributed by atoms with Gasteiger partial charge < -0.3 is 5.32 Å². The summed E-state index contributed by atoms with van der Waals surface area (Å²) >= 11 is 1.33. The predicted molar refractivity (Wildman–Crippen MR) is 118 cm³/mol. The minimum Gasteiger partial charge on any atom is -0.321 e. The molecular weight excluding hydrogens is 415 g/mol. The second-order valence-electron chi connectivity index (χ2n) is 7.52. The second kappa shape index (κ2) is 8.43. The van der Waals surface area contributed by atoms with Crippen LogP contribution in [0, 0.1) is 5.82 Å². The van der Waals surface area contributed by atoms with Gasteiger partial charge in [-0.05, 0) is 60.4 Å². The van der Waals surface area contributed by atoms with E-state index in [1.807, 2.05) is 25.1 Å². The van der Waals surface area contributed by atoms with Gasteiger partial charge in [0.1, 0.15) is 5.82 Å². The first-order valence-corrected chi connectivity index (χ1v) is 10.8. The van der Waals surface area contributed by atoms with E-state index < -0.39 is 5.41 Å². The van der Waals surface area contributed by atoms with E-state index in [9.17, 15) is 18.8 Å². The molecule has 1 aliphatic rings. The van der Waals surface area contributed by atoms with Gasteiger partial charge in [-0.3, -0.25) is 19.7 Å². The average Bonchev–Trinajstić information content (AvgIpc) is 3.26. The van der Waals surface area contributed by atoms with Gasteiger partial charge in [0.2, 0.25) is 11.8 Å². The molecule has 1 saturated heterocycles.